The van der Waals surface area contributed by atoms with Crippen LogP contribution >= 0.6 is 11.8 Å². The summed E-state index contributed by atoms with van der Waals surface area (Å²) in [5.41, 5.74) is 0. The van der Waals surface area contributed by atoms with Gasteiger partial charge in [0.1, 0.15) is 0 Å². The SMILES string of the molecule is CSCC1NCCNC1=O. The fourth-order valence-electron chi connectivity index (χ4n) is 0.949. The molecule has 0 radical (unpaired) electrons. The summed E-state index contributed by atoms with van der Waals surface area (Å²) in [5, 5.41) is 5.94. The number of hydrogen-bond acceptors (Lipinski definition) is 3. The van der Waals surface area contributed by atoms with Crippen molar-refractivity contribution < 1.29 is 4.79 Å². The van der Waals surface area contributed by atoms with E-state index in [-0.39, 0.29) is 11.9 Å². The molecule has 4 heteroatoms. The second-order valence-electron chi connectivity index (χ2n) is 2.25. The van der Waals surface area contributed by atoms with Gasteiger partial charge in [-0.1, -0.05) is 0 Å². The molecular formula is C6H12N2OS. The van der Waals surface area contributed by atoms with Crippen LogP contribution in [0.4, 0.5) is 0 Å². The van der Waals surface area contributed by atoms with Crippen molar-refractivity contribution in [2.24, 2.45) is 0 Å². The quantitative estimate of drug-likeness (QED) is 0.569. The molecule has 1 heterocycles. The molecule has 0 spiro atoms. The van der Waals surface area contributed by atoms with Gasteiger partial charge < -0.3 is 10.6 Å². The van der Waals surface area contributed by atoms with Crippen LogP contribution in [0.5, 0.6) is 0 Å². The first-order chi connectivity index (χ1) is 4.84. The highest BCUT2D eigenvalue weighted by Gasteiger charge is 2.19. The van der Waals surface area contributed by atoms with Crippen molar-refractivity contribution in [2.75, 3.05) is 25.1 Å². The summed E-state index contributed by atoms with van der Waals surface area (Å²) in [6, 6.07) is 0.0312. The minimum absolute atomic E-state index is 0.0312. The fourth-order valence-corrected chi connectivity index (χ4v) is 1.55. The lowest BCUT2D eigenvalue weighted by atomic mass is 10.2. The molecule has 2 N–H and O–H groups in total. The van der Waals surface area contributed by atoms with E-state index >= 15 is 0 Å². The highest BCUT2D eigenvalue weighted by atomic mass is 32.2. The van der Waals surface area contributed by atoms with E-state index in [0.29, 0.717) is 0 Å². The van der Waals surface area contributed by atoms with E-state index in [9.17, 15) is 4.79 Å². The first kappa shape index (κ1) is 7.88. The summed E-state index contributed by atoms with van der Waals surface area (Å²) in [5.74, 6) is 1.01. The Bertz CT molecular complexity index is 127. The summed E-state index contributed by atoms with van der Waals surface area (Å²) in [6.45, 7) is 1.67. The molecule has 1 atom stereocenters. The Balaban J connectivity index is 2.32. The van der Waals surface area contributed by atoms with Gasteiger partial charge in [-0.05, 0) is 6.26 Å². The van der Waals surface area contributed by atoms with Crippen molar-refractivity contribution in [3.05, 3.63) is 0 Å². The van der Waals surface area contributed by atoms with E-state index in [1.807, 2.05) is 6.26 Å². The maximum Gasteiger partial charge on any atom is 0.238 e. The van der Waals surface area contributed by atoms with Gasteiger partial charge in [-0.3, -0.25) is 4.79 Å². The van der Waals surface area contributed by atoms with Crippen LogP contribution in [0, 0.1) is 0 Å². The van der Waals surface area contributed by atoms with E-state index < -0.39 is 0 Å². The molecule has 1 unspecified atom stereocenters. The van der Waals surface area contributed by atoms with E-state index in [1.165, 1.54) is 0 Å². The van der Waals surface area contributed by atoms with Crippen molar-refractivity contribution in [1.29, 1.82) is 0 Å². The Labute approximate surface area is 64.9 Å². The zero-order valence-electron chi connectivity index (χ0n) is 6.02. The lowest BCUT2D eigenvalue weighted by Crippen LogP contribution is -2.53. The lowest BCUT2D eigenvalue weighted by Gasteiger charge is -2.22. The van der Waals surface area contributed by atoms with Gasteiger partial charge >= 0.3 is 0 Å². The zero-order valence-corrected chi connectivity index (χ0v) is 6.83. The number of rotatable bonds is 2. The van der Waals surface area contributed by atoms with Crippen LogP contribution in [0.25, 0.3) is 0 Å². The van der Waals surface area contributed by atoms with Crippen LogP contribution in [-0.4, -0.2) is 37.0 Å². The summed E-state index contributed by atoms with van der Waals surface area (Å²) < 4.78 is 0. The van der Waals surface area contributed by atoms with E-state index in [0.717, 1.165) is 18.8 Å². The average molecular weight is 160 g/mol. The Hall–Kier alpha value is -0.220. The number of amides is 1. The summed E-state index contributed by atoms with van der Waals surface area (Å²) >= 11 is 1.69. The molecule has 10 heavy (non-hydrogen) atoms. The maximum absolute atomic E-state index is 11.0. The molecule has 0 aliphatic carbocycles. The molecule has 0 saturated carbocycles. The topological polar surface area (TPSA) is 41.1 Å². The Kier molecular flexibility index (Phi) is 3.02. The number of carbonyl (C=O) groups excluding carboxylic acids is 1. The third kappa shape index (κ3) is 1.88. The molecule has 1 aliphatic heterocycles. The van der Waals surface area contributed by atoms with Gasteiger partial charge in [0, 0.05) is 18.8 Å². The van der Waals surface area contributed by atoms with Crippen LogP contribution in [0.1, 0.15) is 0 Å². The molecule has 0 bridgehead atoms. The summed E-state index contributed by atoms with van der Waals surface area (Å²) in [4.78, 5) is 11.0. The summed E-state index contributed by atoms with van der Waals surface area (Å²) in [7, 11) is 0. The Morgan fingerprint density at radius 2 is 2.50 bits per heavy atom. The number of carbonyl (C=O) groups is 1. The third-order valence-electron chi connectivity index (χ3n) is 1.46. The standard InChI is InChI=1S/C6H12N2OS/c1-10-4-5-6(9)8-3-2-7-5/h5,7H,2-4H2,1H3,(H,8,9). The van der Waals surface area contributed by atoms with Crippen molar-refractivity contribution in [2.45, 2.75) is 6.04 Å². The lowest BCUT2D eigenvalue weighted by molar-refractivity contribution is -0.123. The minimum Gasteiger partial charge on any atom is -0.353 e. The molecule has 1 saturated heterocycles. The van der Waals surface area contributed by atoms with Crippen molar-refractivity contribution in [1.82, 2.24) is 10.6 Å². The van der Waals surface area contributed by atoms with Crippen LogP contribution < -0.4 is 10.6 Å². The number of nitrogens with one attached hydrogen (secondary N) is 2. The first-order valence-electron chi connectivity index (χ1n) is 3.34. The zero-order chi connectivity index (χ0) is 7.40. The second-order valence-corrected chi connectivity index (χ2v) is 3.16. The smallest absolute Gasteiger partial charge is 0.238 e. The molecule has 0 aromatic rings. The molecule has 1 fully saturated rings. The van der Waals surface area contributed by atoms with Crippen molar-refractivity contribution in [3.63, 3.8) is 0 Å². The molecule has 1 aliphatic rings. The highest BCUT2D eigenvalue weighted by molar-refractivity contribution is 7.98. The van der Waals surface area contributed by atoms with Gasteiger partial charge in [-0.25, -0.2) is 0 Å². The highest BCUT2D eigenvalue weighted by Crippen LogP contribution is 1.98. The average Bonchev–Trinajstić information content (AvgIpc) is 1.94. The van der Waals surface area contributed by atoms with E-state index in [4.69, 9.17) is 0 Å². The van der Waals surface area contributed by atoms with Crippen LogP contribution in [0.15, 0.2) is 0 Å². The van der Waals surface area contributed by atoms with Crippen LogP contribution in [0.2, 0.25) is 0 Å². The molecule has 0 aromatic carbocycles. The van der Waals surface area contributed by atoms with E-state index in [1.54, 1.807) is 11.8 Å². The number of hydrogen-bond donors (Lipinski definition) is 2. The molecule has 1 rings (SSSR count). The second kappa shape index (κ2) is 3.83. The Morgan fingerprint density at radius 3 is 3.10 bits per heavy atom. The molecule has 0 aromatic heterocycles. The molecule has 1 amide bonds. The fraction of sp³-hybridized carbons (Fsp3) is 0.833. The predicted octanol–water partition coefficient (Wildman–Crippen LogP) is -0.563. The van der Waals surface area contributed by atoms with E-state index in [2.05, 4.69) is 10.6 Å². The van der Waals surface area contributed by atoms with Gasteiger partial charge in [0.25, 0.3) is 0 Å². The first-order valence-corrected chi connectivity index (χ1v) is 4.74. The number of thioether (sulfide) groups is 1. The predicted molar refractivity (Wildman–Crippen MR) is 43.2 cm³/mol. The van der Waals surface area contributed by atoms with Gasteiger partial charge in [0.2, 0.25) is 5.91 Å². The monoisotopic (exact) mass is 160 g/mol. The molecule has 3 nitrogen and oxygen atoms in total. The van der Waals surface area contributed by atoms with Crippen LogP contribution in [0.3, 0.4) is 0 Å². The minimum atomic E-state index is 0.0312. The molecule has 58 valence electrons. The largest absolute Gasteiger partial charge is 0.353 e. The van der Waals surface area contributed by atoms with Crippen LogP contribution in [-0.2, 0) is 4.79 Å². The third-order valence-corrected chi connectivity index (χ3v) is 2.13. The van der Waals surface area contributed by atoms with Gasteiger partial charge in [0.05, 0.1) is 6.04 Å². The molecular weight excluding hydrogens is 148 g/mol. The van der Waals surface area contributed by atoms with Crippen molar-refractivity contribution >= 4 is 17.7 Å². The maximum atomic E-state index is 11.0. The van der Waals surface area contributed by atoms with Gasteiger partial charge in [0.15, 0.2) is 0 Å². The number of piperazine rings is 1. The normalized spacial score (nSPS) is 26.1. The van der Waals surface area contributed by atoms with Crippen molar-refractivity contribution in [3.8, 4) is 0 Å². The summed E-state index contributed by atoms with van der Waals surface area (Å²) in [6.07, 6.45) is 2.00. The van der Waals surface area contributed by atoms with Gasteiger partial charge in [-0.2, -0.15) is 11.8 Å². The Morgan fingerprint density at radius 1 is 1.70 bits per heavy atom. The van der Waals surface area contributed by atoms with Gasteiger partial charge in [-0.15, -0.1) is 0 Å².